The van der Waals surface area contributed by atoms with Gasteiger partial charge >= 0.3 is 5.97 Å². The summed E-state index contributed by atoms with van der Waals surface area (Å²) in [5.41, 5.74) is 0.0352. The molecule has 1 aromatic heterocycles. The molecule has 0 fully saturated rings. The van der Waals surface area contributed by atoms with E-state index in [1.54, 1.807) is 0 Å². The van der Waals surface area contributed by atoms with Crippen LogP contribution in [0.5, 0.6) is 0 Å². The van der Waals surface area contributed by atoms with Gasteiger partial charge in [-0.2, -0.15) is 5.10 Å². The summed E-state index contributed by atoms with van der Waals surface area (Å²) in [6.07, 6.45) is 4.10. The summed E-state index contributed by atoms with van der Waals surface area (Å²) < 4.78 is 1.93. The van der Waals surface area contributed by atoms with Gasteiger partial charge < -0.3 is 5.11 Å². The van der Waals surface area contributed by atoms with E-state index in [-0.39, 0.29) is 0 Å². The first kappa shape index (κ1) is 15.7. The minimum absolute atomic E-state index is 0.371. The number of carboxylic acid groups (broad SMARTS) is 1. The van der Waals surface area contributed by atoms with Crippen molar-refractivity contribution in [1.29, 1.82) is 0 Å². The van der Waals surface area contributed by atoms with Crippen molar-refractivity contribution in [1.82, 2.24) is 15.1 Å². The molecule has 0 amide bonds. The van der Waals surface area contributed by atoms with Crippen molar-refractivity contribution in [2.24, 2.45) is 0 Å². The fourth-order valence-electron chi connectivity index (χ4n) is 2.04. The van der Waals surface area contributed by atoms with Crippen LogP contribution < -0.4 is 5.32 Å². The second-order valence-corrected chi connectivity index (χ2v) is 4.99. The Hall–Kier alpha value is -1.36. The summed E-state index contributed by atoms with van der Waals surface area (Å²) in [4.78, 5) is 11.4. The van der Waals surface area contributed by atoms with Crippen LogP contribution in [0.2, 0.25) is 0 Å². The lowest BCUT2D eigenvalue weighted by Crippen LogP contribution is -2.50. The van der Waals surface area contributed by atoms with Crippen LogP contribution in [0, 0.1) is 0 Å². The molecular weight excluding hydrogens is 242 g/mol. The van der Waals surface area contributed by atoms with Crippen molar-refractivity contribution < 1.29 is 9.90 Å². The van der Waals surface area contributed by atoms with Crippen molar-refractivity contribution in [3.8, 4) is 0 Å². The van der Waals surface area contributed by atoms with Crippen molar-refractivity contribution in [3.63, 3.8) is 0 Å². The molecule has 0 aliphatic rings. The van der Waals surface area contributed by atoms with Gasteiger partial charge in [0.2, 0.25) is 0 Å². The van der Waals surface area contributed by atoms with Crippen molar-refractivity contribution >= 4 is 5.97 Å². The SMILES string of the molecule is CCC(C)n1ccc(CNC(CC)(CC)C(=O)O)n1. The minimum Gasteiger partial charge on any atom is -0.480 e. The molecule has 1 aromatic rings. The number of aromatic nitrogens is 2. The van der Waals surface area contributed by atoms with Gasteiger partial charge in [0.1, 0.15) is 5.54 Å². The quantitative estimate of drug-likeness (QED) is 0.759. The van der Waals surface area contributed by atoms with Gasteiger partial charge in [0.25, 0.3) is 0 Å². The molecule has 1 heterocycles. The summed E-state index contributed by atoms with van der Waals surface area (Å²) in [5.74, 6) is -0.793. The molecular formula is C14H25N3O2. The maximum atomic E-state index is 11.4. The highest BCUT2D eigenvalue weighted by Crippen LogP contribution is 2.16. The zero-order chi connectivity index (χ0) is 14.5. The summed E-state index contributed by atoms with van der Waals surface area (Å²) in [7, 11) is 0. The molecule has 1 rings (SSSR count). The number of carboxylic acids is 1. The second-order valence-electron chi connectivity index (χ2n) is 4.99. The van der Waals surface area contributed by atoms with Crippen LogP contribution in [0.1, 0.15) is 58.7 Å². The molecule has 0 saturated heterocycles. The number of nitrogens with zero attached hydrogens (tertiary/aromatic N) is 2. The Kier molecular flexibility index (Phi) is 5.54. The van der Waals surface area contributed by atoms with Crippen LogP contribution in [0.4, 0.5) is 0 Å². The van der Waals surface area contributed by atoms with Crippen LogP contribution in [0.15, 0.2) is 12.3 Å². The first-order valence-corrected chi connectivity index (χ1v) is 7.01. The Bertz CT molecular complexity index is 411. The third kappa shape index (κ3) is 3.56. The Labute approximate surface area is 115 Å². The lowest BCUT2D eigenvalue weighted by atomic mass is 9.93. The second kappa shape index (κ2) is 6.70. The van der Waals surface area contributed by atoms with Crippen molar-refractivity contribution in [2.45, 2.75) is 65.1 Å². The molecule has 5 heteroatoms. The lowest BCUT2D eigenvalue weighted by Gasteiger charge is -2.27. The molecule has 5 nitrogen and oxygen atoms in total. The largest absolute Gasteiger partial charge is 0.480 e. The van der Waals surface area contributed by atoms with E-state index in [1.165, 1.54) is 0 Å². The topological polar surface area (TPSA) is 67.2 Å². The summed E-state index contributed by atoms with van der Waals surface area (Å²) >= 11 is 0. The molecule has 0 aliphatic carbocycles. The molecule has 1 atom stereocenters. The highest BCUT2D eigenvalue weighted by atomic mass is 16.4. The molecule has 0 saturated carbocycles. The Morgan fingerprint density at radius 1 is 1.47 bits per heavy atom. The number of aliphatic carboxylic acids is 1. The van der Waals surface area contributed by atoms with Crippen LogP contribution in [-0.2, 0) is 11.3 Å². The highest BCUT2D eigenvalue weighted by molar-refractivity contribution is 5.78. The Morgan fingerprint density at radius 3 is 2.58 bits per heavy atom. The fourth-order valence-corrected chi connectivity index (χ4v) is 2.04. The molecule has 108 valence electrons. The lowest BCUT2D eigenvalue weighted by molar-refractivity contribution is -0.145. The van der Waals surface area contributed by atoms with E-state index in [2.05, 4.69) is 24.3 Å². The monoisotopic (exact) mass is 267 g/mol. The molecule has 2 N–H and O–H groups in total. The van der Waals surface area contributed by atoms with Crippen LogP contribution >= 0.6 is 0 Å². The fraction of sp³-hybridized carbons (Fsp3) is 0.714. The first-order chi connectivity index (χ1) is 8.99. The van der Waals surface area contributed by atoms with Crippen LogP contribution in [0.3, 0.4) is 0 Å². The standard InChI is InChI=1S/C14H25N3O2/c1-5-11(4)17-9-8-12(16-17)10-15-14(6-2,7-3)13(18)19/h8-9,11,15H,5-7,10H2,1-4H3,(H,18,19). The van der Waals surface area contributed by atoms with Crippen LogP contribution in [0.25, 0.3) is 0 Å². The third-order valence-corrected chi connectivity index (χ3v) is 3.93. The first-order valence-electron chi connectivity index (χ1n) is 7.01. The van der Waals surface area contributed by atoms with E-state index in [0.717, 1.165) is 12.1 Å². The predicted molar refractivity (Wildman–Crippen MR) is 75.0 cm³/mol. The van der Waals surface area contributed by atoms with E-state index in [1.807, 2.05) is 30.8 Å². The van der Waals surface area contributed by atoms with Gasteiger partial charge in [-0.05, 0) is 32.3 Å². The Morgan fingerprint density at radius 2 is 2.11 bits per heavy atom. The molecule has 0 aliphatic heterocycles. The number of hydrogen-bond acceptors (Lipinski definition) is 3. The van der Waals surface area contributed by atoms with E-state index >= 15 is 0 Å². The number of rotatable bonds is 8. The Balaban J connectivity index is 2.70. The van der Waals surface area contributed by atoms with Gasteiger partial charge in [0.15, 0.2) is 0 Å². The maximum absolute atomic E-state index is 11.4. The summed E-state index contributed by atoms with van der Waals surface area (Å²) in [6.45, 7) is 8.50. The van der Waals surface area contributed by atoms with E-state index in [9.17, 15) is 9.90 Å². The summed E-state index contributed by atoms with van der Waals surface area (Å²) in [5, 5.41) is 17.0. The molecule has 19 heavy (non-hydrogen) atoms. The van der Waals surface area contributed by atoms with Gasteiger partial charge in [-0.3, -0.25) is 14.8 Å². The average Bonchev–Trinajstić information content (AvgIpc) is 2.88. The number of carbonyl (C=O) groups is 1. The molecule has 1 unspecified atom stereocenters. The van der Waals surface area contributed by atoms with E-state index in [4.69, 9.17) is 0 Å². The number of nitrogens with one attached hydrogen (secondary N) is 1. The molecule has 0 radical (unpaired) electrons. The maximum Gasteiger partial charge on any atom is 0.323 e. The van der Waals surface area contributed by atoms with Crippen molar-refractivity contribution in [3.05, 3.63) is 18.0 Å². The van der Waals surface area contributed by atoms with E-state index < -0.39 is 11.5 Å². The summed E-state index contributed by atoms with van der Waals surface area (Å²) in [6, 6.07) is 2.31. The molecule has 0 bridgehead atoms. The number of hydrogen-bond donors (Lipinski definition) is 2. The molecule has 0 spiro atoms. The van der Waals surface area contributed by atoms with Gasteiger partial charge in [-0.15, -0.1) is 0 Å². The smallest absolute Gasteiger partial charge is 0.323 e. The zero-order valence-corrected chi connectivity index (χ0v) is 12.3. The third-order valence-electron chi connectivity index (χ3n) is 3.93. The normalized spacial score (nSPS) is 13.5. The zero-order valence-electron chi connectivity index (χ0n) is 12.3. The average molecular weight is 267 g/mol. The minimum atomic E-state index is -0.847. The predicted octanol–water partition coefficient (Wildman–Crippen LogP) is 2.59. The van der Waals surface area contributed by atoms with Gasteiger partial charge in [-0.1, -0.05) is 20.8 Å². The van der Waals surface area contributed by atoms with Gasteiger partial charge in [0, 0.05) is 18.8 Å². The van der Waals surface area contributed by atoms with Gasteiger partial charge in [0.05, 0.1) is 5.69 Å². The van der Waals surface area contributed by atoms with Crippen LogP contribution in [-0.4, -0.2) is 26.4 Å². The van der Waals surface area contributed by atoms with E-state index in [0.29, 0.717) is 25.4 Å². The molecule has 0 aromatic carbocycles. The highest BCUT2D eigenvalue weighted by Gasteiger charge is 2.34. The van der Waals surface area contributed by atoms with Crippen molar-refractivity contribution in [2.75, 3.05) is 0 Å². The van der Waals surface area contributed by atoms with Gasteiger partial charge in [-0.25, -0.2) is 0 Å².